The number of methoxy groups -OCH3 is 1. The molecule has 0 spiro atoms. The van der Waals surface area contributed by atoms with Crippen LogP contribution in [0.4, 0.5) is 10.8 Å². The number of benzene rings is 2. The third-order valence-corrected chi connectivity index (χ3v) is 7.10. The average molecular weight is 462 g/mol. The van der Waals surface area contributed by atoms with E-state index in [1.807, 2.05) is 54.0 Å². The molecule has 3 heterocycles. The van der Waals surface area contributed by atoms with Crippen molar-refractivity contribution < 1.29 is 9.53 Å². The monoisotopic (exact) mass is 461 g/mol. The van der Waals surface area contributed by atoms with Crippen LogP contribution in [0.5, 0.6) is 5.75 Å². The van der Waals surface area contributed by atoms with Gasteiger partial charge in [-0.05, 0) is 62.6 Å². The highest BCUT2D eigenvalue weighted by molar-refractivity contribution is 7.20. The molecule has 7 nitrogen and oxygen atoms in total. The second kappa shape index (κ2) is 8.86. The number of piperidine rings is 1. The van der Waals surface area contributed by atoms with Crippen LogP contribution in [0.2, 0.25) is 0 Å². The number of aryl methyl sites for hydroxylation is 2. The number of rotatable bonds is 5. The summed E-state index contributed by atoms with van der Waals surface area (Å²) < 4.78 is 7.06. The Morgan fingerprint density at radius 1 is 1.18 bits per heavy atom. The van der Waals surface area contributed by atoms with Crippen LogP contribution in [0.1, 0.15) is 24.0 Å². The number of imidazole rings is 1. The molecule has 1 atom stereocenters. The fraction of sp³-hybridized carbons (Fsp3) is 0.320. The Kier molecular flexibility index (Phi) is 5.76. The van der Waals surface area contributed by atoms with Crippen LogP contribution in [0, 0.1) is 19.8 Å². The number of carbonyl (C=O) groups excluding carboxylic acids is 1. The first-order valence-electron chi connectivity index (χ1n) is 11.1. The number of ether oxygens (including phenoxy) is 1. The highest BCUT2D eigenvalue weighted by Gasteiger charge is 2.28. The van der Waals surface area contributed by atoms with E-state index in [0.717, 1.165) is 57.7 Å². The van der Waals surface area contributed by atoms with Crippen LogP contribution in [0.25, 0.3) is 16.2 Å². The second-order valence-electron chi connectivity index (χ2n) is 8.56. The number of fused-ring (bicyclic) bond motifs is 1. The van der Waals surface area contributed by atoms with Gasteiger partial charge in [0.15, 0.2) is 0 Å². The van der Waals surface area contributed by atoms with E-state index in [-0.39, 0.29) is 11.8 Å². The smallest absolute Gasteiger partial charge is 0.229 e. The maximum Gasteiger partial charge on any atom is 0.229 e. The van der Waals surface area contributed by atoms with Crippen LogP contribution in [-0.4, -0.2) is 40.7 Å². The van der Waals surface area contributed by atoms with Gasteiger partial charge in [0.25, 0.3) is 0 Å². The Hall–Kier alpha value is -3.39. The van der Waals surface area contributed by atoms with Gasteiger partial charge in [-0.1, -0.05) is 29.0 Å². The van der Waals surface area contributed by atoms with E-state index in [0.29, 0.717) is 6.54 Å². The van der Waals surface area contributed by atoms with Gasteiger partial charge in [-0.25, -0.2) is 9.50 Å². The topological polar surface area (TPSA) is 71.8 Å². The number of amides is 1. The molecule has 1 amide bonds. The third-order valence-electron chi connectivity index (χ3n) is 6.12. The predicted molar refractivity (Wildman–Crippen MR) is 132 cm³/mol. The normalized spacial score (nSPS) is 16.2. The van der Waals surface area contributed by atoms with E-state index in [9.17, 15) is 4.79 Å². The highest BCUT2D eigenvalue weighted by Crippen LogP contribution is 2.30. The summed E-state index contributed by atoms with van der Waals surface area (Å²) >= 11 is 1.56. The summed E-state index contributed by atoms with van der Waals surface area (Å²) in [7, 11) is 1.66. The van der Waals surface area contributed by atoms with Crippen LogP contribution >= 0.6 is 11.3 Å². The Labute approximate surface area is 197 Å². The summed E-state index contributed by atoms with van der Waals surface area (Å²) in [6, 6.07) is 14.0. The lowest BCUT2D eigenvalue weighted by Crippen LogP contribution is -2.40. The van der Waals surface area contributed by atoms with Gasteiger partial charge in [-0.15, -0.1) is 5.10 Å². The highest BCUT2D eigenvalue weighted by atomic mass is 32.1. The van der Waals surface area contributed by atoms with E-state index in [1.54, 1.807) is 18.4 Å². The van der Waals surface area contributed by atoms with Crippen LogP contribution < -0.4 is 15.0 Å². The van der Waals surface area contributed by atoms with Gasteiger partial charge in [0.2, 0.25) is 16.0 Å². The zero-order chi connectivity index (χ0) is 22.9. The zero-order valence-electron chi connectivity index (χ0n) is 19.0. The summed E-state index contributed by atoms with van der Waals surface area (Å²) in [6.07, 6.45) is 3.80. The molecule has 8 heteroatoms. The molecular weight excluding hydrogens is 434 g/mol. The molecule has 0 bridgehead atoms. The molecule has 0 radical (unpaired) electrons. The standard InChI is InChI=1S/C25H27N5O2S/c1-16-6-11-21(17(2)13-16)26-23(31)19-5-4-12-29(14-19)25-28-30-15-22(27-24(30)33-25)18-7-9-20(32-3)10-8-18/h6-11,13,15,19H,4-5,12,14H2,1-3H3,(H,26,31)/t19-/m0/s1. The number of nitrogens with one attached hydrogen (secondary N) is 1. The molecule has 5 rings (SSSR count). The zero-order valence-corrected chi connectivity index (χ0v) is 19.9. The minimum Gasteiger partial charge on any atom is -0.497 e. The Morgan fingerprint density at radius 3 is 2.73 bits per heavy atom. The van der Waals surface area contributed by atoms with Crippen molar-refractivity contribution >= 4 is 33.0 Å². The van der Waals surface area contributed by atoms with Crippen molar-refractivity contribution in [3.63, 3.8) is 0 Å². The van der Waals surface area contributed by atoms with Crippen molar-refractivity contribution in [1.29, 1.82) is 0 Å². The van der Waals surface area contributed by atoms with Crippen molar-refractivity contribution in [2.45, 2.75) is 26.7 Å². The molecule has 33 heavy (non-hydrogen) atoms. The molecule has 4 aromatic rings. The molecule has 1 aliphatic rings. The van der Waals surface area contributed by atoms with Crippen molar-refractivity contribution in [3.05, 3.63) is 59.8 Å². The lowest BCUT2D eigenvalue weighted by molar-refractivity contribution is -0.120. The molecule has 0 aliphatic carbocycles. The lowest BCUT2D eigenvalue weighted by atomic mass is 9.97. The Bertz CT molecular complexity index is 1260. The summed E-state index contributed by atoms with van der Waals surface area (Å²) in [4.78, 5) is 20.8. The lowest BCUT2D eigenvalue weighted by Gasteiger charge is -2.31. The summed E-state index contributed by atoms with van der Waals surface area (Å²) in [5, 5.41) is 8.79. The third kappa shape index (κ3) is 4.43. The SMILES string of the molecule is COc1ccc(-c2cn3nc(N4CCC[C@H](C(=O)Nc5ccc(C)cc5C)C4)sc3n2)cc1. The average Bonchev–Trinajstić information content (AvgIpc) is 3.41. The fourth-order valence-electron chi connectivity index (χ4n) is 4.27. The van der Waals surface area contributed by atoms with Gasteiger partial charge in [0, 0.05) is 24.3 Å². The first-order valence-corrected chi connectivity index (χ1v) is 12.0. The molecule has 1 fully saturated rings. The summed E-state index contributed by atoms with van der Waals surface area (Å²) in [5.41, 5.74) is 5.08. The van der Waals surface area contributed by atoms with Gasteiger partial charge in [-0.3, -0.25) is 4.79 Å². The summed E-state index contributed by atoms with van der Waals surface area (Å²) in [6.45, 7) is 5.65. The number of anilines is 2. The largest absolute Gasteiger partial charge is 0.497 e. The molecule has 0 unspecified atom stereocenters. The van der Waals surface area contributed by atoms with Gasteiger partial charge in [0.05, 0.1) is 24.9 Å². The van der Waals surface area contributed by atoms with Crippen molar-refractivity contribution in [2.24, 2.45) is 5.92 Å². The molecule has 1 N–H and O–H groups in total. The quantitative estimate of drug-likeness (QED) is 0.456. The van der Waals surface area contributed by atoms with E-state index >= 15 is 0 Å². The van der Waals surface area contributed by atoms with E-state index in [2.05, 4.69) is 23.2 Å². The number of nitrogens with zero attached hydrogens (tertiary/aromatic N) is 4. The van der Waals surface area contributed by atoms with E-state index in [1.165, 1.54) is 5.56 Å². The maximum atomic E-state index is 13.0. The maximum absolute atomic E-state index is 13.0. The van der Waals surface area contributed by atoms with Crippen LogP contribution in [0.3, 0.4) is 0 Å². The fourth-order valence-corrected chi connectivity index (χ4v) is 5.19. The van der Waals surface area contributed by atoms with Crippen LogP contribution in [-0.2, 0) is 4.79 Å². The Morgan fingerprint density at radius 2 is 2.00 bits per heavy atom. The van der Waals surface area contributed by atoms with Gasteiger partial charge < -0.3 is 15.0 Å². The number of hydrogen-bond donors (Lipinski definition) is 1. The molecule has 2 aromatic heterocycles. The number of aromatic nitrogens is 3. The molecule has 2 aromatic carbocycles. The Balaban J connectivity index is 1.29. The molecule has 1 saturated heterocycles. The van der Waals surface area contributed by atoms with Crippen LogP contribution in [0.15, 0.2) is 48.7 Å². The van der Waals surface area contributed by atoms with Gasteiger partial charge in [0.1, 0.15) is 5.75 Å². The first-order chi connectivity index (χ1) is 16.0. The van der Waals surface area contributed by atoms with Gasteiger partial charge >= 0.3 is 0 Å². The minimum absolute atomic E-state index is 0.0643. The number of hydrogen-bond acceptors (Lipinski definition) is 6. The molecule has 170 valence electrons. The minimum atomic E-state index is -0.0643. The number of carbonyl (C=O) groups is 1. The summed E-state index contributed by atoms with van der Waals surface area (Å²) in [5.74, 6) is 0.835. The predicted octanol–water partition coefficient (Wildman–Crippen LogP) is 4.94. The van der Waals surface area contributed by atoms with E-state index in [4.69, 9.17) is 14.8 Å². The molecular formula is C25H27N5O2S. The first kappa shape index (κ1) is 21.5. The van der Waals surface area contributed by atoms with Crippen molar-refractivity contribution in [2.75, 3.05) is 30.4 Å². The molecule has 0 saturated carbocycles. The second-order valence-corrected chi connectivity index (χ2v) is 9.49. The van der Waals surface area contributed by atoms with Crippen molar-refractivity contribution in [3.8, 4) is 17.0 Å². The molecule has 1 aliphatic heterocycles. The van der Waals surface area contributed by atoms with E-state index < -0.39 is 0 Å². The van der Waals surface area contributed by atoms with Crippen molar-refractivity contribution in [1.82, 2.24) is 14.6 Å². The van der Waals surface area contributed by atoms with Gasteiger partial charge in [-0.2, -0.15) is 0 Å².